The molecular formula is C25H22ClFN6O2S. The summed E-state index contributed by atoms with van der Waals surface area (Å²) in [6.45, 7) is 7.55. The van der Waals surface area contributed by atoms with Crippen LogP contribution in [0.2, 0.25) is 5.02 Å². The molecule has 4 heterocycles. The molecule has 1 fully saturated rings. The topological polar surface area (TPSA) is 87.1 Å². The van der Waals surface area contributed by atoms with E-state index < -0.39 is 5.82 Å². The van der Waals surface area contributed by atoms with Crippen LogP contribution in [0.25, 0.3) is 32.9 Å². The Balaban J connectivity index is 1.59. The lowest BCUT2D eigenvalue weighted by molar-refractivity contribution is -0.126. The van der Waals surface area contributed by atoms with Gasteiger partial charge >= 0.3 is 5.69 Å². The molecule has 0 aliphatic carbocycles. The van der Waals surface area contributed by atoms with Crippen LogP contribution in [-0.2, 0) is 11.3 Å². The molecule has 2 aromatic heterocycles. The number of carbonyl (C=O) groups excluding carboxylic acids is 1. The van der Waals surface area contributed by atoms with Gasteiger partial charge in [0.15, 0.2) is 0 Å². The third-order valence-corrected chi connectivity index (χ3v) is 8.29. The van der Waals surface area contributed by atoms with Gasteiger partial charge in [0.05, 0.1) is 22.3 Å². The maximum atomic E-state index is 15.3. The molecule has 1 amide bonds. The molecule has 2 aromatic carbocycles. The fraction of sp³-hybridized carbons (Fsp3) is 0.280. The standard InChI is InChI=1S/C25H22ClFN6O2S/c1-3-19(34)31-6-7-32(13(2)12-31)24-14-10-16(26)21(20-15-11-28-30-18(15)5-4-17(20)27)23-22(14)33(8-9-36-23)25(35)29-24/h3-5,10-11,13H,1,6-9,12H2,2H3,(H,28,30)/t13-/m0/s1. The Hall–Kier alpha value is -3.37. The molecule has 0 bridgehead atoms. The highest BCUT2D eigenvalue weighted by Gasteiger charge is 2.31. The zero-order chi connectivity index (χ0) is 25.1. The van der Waals surface area contributed by atoms with Crippen LogP contribution in [0.4, 0.5) is 10.2 Å². The van der Waals surface area contributed by atoms with Crippen molar-refractivity contribution in [3.8, 4) is 11.1 Å². The number of carbonyl (C=O) groups is 1. The number of H-pyrrole nitrogens is 1. The Morgan fingerprint density at radius 2 is 2.11 bits per heavy atom. The first-order chi connectivity index (χ1) is 17.4. The van der Waals surface area contributed by atoms with Gasteiger partial charge in [0, 0.05) is 64.8 Å². The number of aromatic nitrogens is 4. The monoisotopic (exact) mass is 524 g/mol. The Bertz CT molecular complexity index is 1630. The number of aromatic amines is 1. The van der Waals surface area contributed by atoms with Gasteiger partial charge in [-0.3, -0.25) is 14.5 Å². The fourth-order valence-electron chi connectivity index (χ4n) is 5.25. The number of piperazine rings is 1. The van der Waals surface area contributed by atoms with E-state index in [2.05, 4.69) is 21.8 Å². The number of rotatable bonds is 3. The van der Waals surface area contributed by atoms with Crippen LogP contribution in [0, 0.1) is 5.82 Å². The number of thioether (sulfide) groups is 1. The molecule has 6 rings (SSSR count). The van der Waals surface area contributed by atoms with Crippen LogP contribution in [-0.4, -0.2) is 62.0 Å². The number of fused-ring (bicyclic) bond motifs is 1. The van der Waals surface area contributed by atoms with Gasteiger partial charge in [-0.15, -0.1) is 11.8 Å². The van der Waals surface area contributed by atoms with E-state index in [0.29, 0.717) is 70.3 Å². The minimum Gasteiger partial charge on any atom is -0.350 e. The lowest BCUT2D eigenvalue weighted by Crippen LogP contribution is -2.54. The van der Waals surface area contributed by atoms with Crippen LogP contribution < -0.4 is 10.6 Å². The molecule has 0 saturated carbocycles. The summed E-state index contributed by atoms with van der Waals surface area (Å²) in [5.41, 5.74) is 1.96. The van der Waals surface area contributed by atoms with Crippen LogP contribution in [0.15, 0.2) is 46.7 Å². The number of nitrogens with one attached hydrogen (secondary N) is 1. The van der Waals surface area contributed by atoms with Gasteiger partial charge in [0.2, 0.25) is 5.91 Å². The van der Waals surface area contributed by atoms with E-state index in [0.717, 1.165) is 10.3 Å². The van der Waals surface area contributed by atoms with Crippen molar-refractivity contribution in [2.45, 2.75) is 24.4 Å². The zero-order valence-corrected chi connectivity index (χ0v) is 21.0. The highest BCUT2D eigenvalue weighted by molar-refractivity contribution is 7.99. The second-order valence-electron chi connectivity index (χ2n) is 8.96. The molecule has 4 aromatic rings. The van der Waals surface area contributed by atoms with Crippen LogP contribution >= 0.6 is 23.4 Å². The number of nitrogens with zero attached hydrogens (tertiary/aromatic N) is 5. The van der Waals surface area contributed by atoms with Crippen molar-refractivity contribution in [1.82, 2.24) is 24.6 Å². The number of hydrogen-bond acceptors (Lipinski definition) is 6. The first kappa shape index (κ1) is 23.1. The quantitative estimate of drug-likeness (QED) is 0.407. The Morgan fingerprint density at radius 3 is 2.89 bits per heavy atom. The molecular weight excluding hydrogens is 503 g/mol. The summed E-state index contributed by atoms with van der Waals surface area (Å²) < 4.78 is 16.9. The van der Waals surface area contributed by atoms with E-state index in [1.54, 1.807) is 39.6 Å². The molecule has 36 heavy (non-hydrogen) atoms. The van der Waals surface area contributed by atoms with Crippen molar-refractivity contribution in [3.05, 3.63) is 58.4 Å². The van der Waals surface area contributed by atoms with Crippen LogP contribution in [0.1, 0.15) is 6.92 Å². The summed E-state index contributed by atoms with van der Waals surface area (Å²) >= 11 is 8.46. The number of amides is 1. The van der Waals surface area contributed by atoms with Gasteiger partial charge in [-0.2, -0.15) is 10.1 Å². The molecule has 2 aliphatic heterocycles. The summed E-state index contributed by atoms with van der Waals surface area (Å²) in [6, 6.07) is 4.74. The average molecular weight is 525 g/mol. The largest absolute Gasteiger partial charge is 0.350 e. The van der Waals surface area contributed by atoms with Crippen molar-refractivity contribution in [3.63, 3.8) is 0 Å². The minimum absolute atomic E-state index is 0.0804. The van der Waals surface area contributed by atoms with Gasteiger partial charge in [-0.05, 0) is 31.2 Å². The van der Waals surface area contributed by atoms with Crippen molar-refractivity contribution in [2.75, 3.05) is 30.3 Å². The third-order valence-electron chi connectivity index (χ3n) is 6.92. The molecule has 184 valence electrons. The zero-order valence-electron chi connectivity index (χ0n) is 19.4. The highest BCUT2D eigenvalue weighted by atomic mass is 35.5. The number of anilines is 1. The van der Waals surface area contributed by atoms with Gasteiger partial charge in [0.1, 0.15) is 11.6 Å². The maximum absolute atomic E-state index is 15.3. The summed E-state index contributed by atoms with van der Waals surface area (Å²) in [5.74, 6) is 0.639. The van der Waals surface area contributed by atoms with E-state index in [9.17, 15) is 9.59 Å². The smallest absolute Gasteiger partial charge is 0.350 e. The first-order valence-electron chi connectivity index (χ1n) is 11.6. The van der Waals surface area contributed by atoms with Crippen LogP contribution in [0.3, 0.4) is 0 Å². The fourth-order valence-corrected chi connectivity index (χ4v) is 6.79. The average Bonchev–Trinajstić information content (AvgIpc) is 3.35. The summed E-state index contributed by atoms with van der Waals surface area (Å²) in [5, 5.41) is 8.70. The van der Waals surface area contributed by atoms with Gasteiger partial charge in [0.25, 0.3) is 0 Å². The molecule has 1 saturated heterocycles. The molecule has 11 heteroatoms. The van der Waals surface area contributed by atoms with Crippen molar-refractivity contribution in [1.29, 1.82) is 0 Å². The molecule has 2 aliphatic rings. The molecule has 8 nitrogen and oxygen atoms in total. The van der Waals surface area contributed by atoms with Gasteiger partial charge in [-0.25, -0.2) is 9.18 Å². The van der Waals surface area contributed by atoms with E-state index in [-0.39, 0.29) is 17.6 Å². The van der Waals surface area contributed by atoms with E-state index in [1.807, 2.05) is 11.8 Å². The molecule has 1 N–H and O–H groups in total. The Kier molecular flexibility index (Phi) is 5.53. The summed E-state index contributed by atoms with van der Waals surface area (Å²) in [4.78, 5) is 34.4. The van der Waals surface area contributed by atoms with Crippen molar-refractivity contribution in [2.24, 2.45) is 0 Å². The second-order valence-corrected chi connectivity index (χ2v) is 10.5. The molecule has 0 radical (unpaired) electrons. The number of hydrogen-bond donors (Lipinski definition) is 1. The first-order valence-corrected chi connectivity index (χ1v) is 12.9. The molecule has 0 spiro atoms. The second kappa shape index (κ2) is 8.63. The van der Waals surface area contributed by atoms with E-state index >= 15 is 4.39 Å². The van der Waals surface area contributed by atoms with Crippen molar-refractivity contribution >= 4 is 56.9 Å². The Morgan fingerprint density at radius 1 is 1.28 bits per heavy atom. The maximum Gasteiger partial charge on any atom is 0.350 e. The highest BCUT2D eigenvalue weighted by Crippen LogP contribution is 2.47. The minimum atomic E-state index is -0.410. The van der Waals surface area contributed by atoms with E-state index in [1.165, 1.54) is 12.1 Å². The SMILES string of the molecule is C=CC(=O)N1CCN(c2nc(=O)n3c4c(c(-c5c(F)ccc6[nH]ncc56)c(Cl)cc24)SCC3)[C@@H](C)C1. The summed E-state index contributed by atoms with van der Waals surface area (Å²) in [6.07, 6.45) is 2.90. The van der Waals surface area contributed by atoms with E-state index in [4.69, 9.17) is 11.6 Å². The summed E-state index contributed by atoms with van der Waals surface area (Å²) in [7, 11) is 0. The lowest BCUT2D eigenvalue weighted by atomic mass is 9.99. The number of halogens is 2. The Labute approximate surface area is 214 Å². The van der Waals surface area contributed by atoms with Crippen LogP contribution in [0.5, 0.6) is 0 Å². The van der Waals surface area contributed by atoms with Gasteiger partial charge in [-0.1, -0.05) is 18.2 Å². The van der Waals surface area contributed by atoms with Crippen molar-refractivity contribution < 1.29 is 9.18 Å². The predicted octanol–water partition coefficient (Wildman–Crippen LogP) is 4.06. The number of benzene rings is 2. The normalized spacial score (nSPS) is 17.7. The van der Waals surface area contributed by atoms with Gasteiger partial charge < -0.3 is 9.80 Å². The third kappa shape index (κ3) is 3.42. The number of aryl methyl sites for hydroxylation is 1. The lowest BCUT2D eigenvalue weighted by Gasteiger charge is -2.40. The molecule has 0 unspecified atom stereocenters. The molecule has 1 atom stereocenters. The predicted molar refractivity (Wildman–Crippen MR) is 140 cm³/mol.